The van der Waals surface area contributed by atoms with Crippen molar-refractivity contribution in [3.05, 3.63) is 0 Å². The molecule has 42 heavy (non-hydrogen) atoms. The van der Waals surface area contributed by atoms with Gasteiger partial charge in [0.1, 0.15) is 6.10 Å². The van der Waals surface area contributed by atoms with E-state index in [1.54, 1.807) is 0 Å². The van der Waals surface area contributed by atoms with Crippen LogP contribution >= 0.6 is 0 Å². The van der Waals surface area contributed by atoms with Crippen LogP contribution in [0.25, 0.3) is 0 Å². The summed E-state index contributed by atoms with van der Waals surface area (Å²) in [6.07, 6.45) is 19.8. The quantitative estimate of drug-likeness (QED) is 0.156. The Labute approximate surface area is 251 Å². The van der Waals surface area contributed by atoms with E-state index in [9.17, 15) is 24.6 Å². The summed E-state index contributed by atoms with van der Waals surface area (Å²) in [6, 6.07) is 0. The maximum atomic E-state index is 13.1. The van der Waals surface area contributed by atoms with Gasteiger partial charge in [-0.05, 0) is 93.8 Å². The van der Waals surface area contributed by atoms with Gasteiger partial charge in [0.2, 0.25) is 0 Å². The molecular formula is C34H54O8. The molecule has 0 aromatic heterocycles. The van der Waals surface area contributed by atoms with Crippen molar-refractivity contribution >= 4 is 17.9 Å². The van der Waals surface area contributed by atoms with Crippen molar-refractivity contribution < 1.29 is 39.1 Å². The van der Waals surface area contributed by atoms with Crippen molar-refractivity contribution in [3.63, 3.8) is 0 Å². The van der Waals surface area contributed by atoms with Gasteiger partial charge in [0, 0.05) is 0 Å². The highest BCUT2D eigenvalue weighted by Crippen LogP contribution is 2.44. The second-order valence-electron chi connectivity index (χ2n) is 14.4. The van der Waals surface area contributed by atoms with Crippen molar-refractivity contribution in [2.45, 2.75) is 141 Å². The highest BCUT2D eigenvalue weighted by molar-refractivity contribution is 5.81. The predicted octanol–water partition coefficient (Wildman–Crippen LogP) is 7.18. The molecule has 5 fully saturated rings. The second-order valence-corrected chi connectivity index (χ2v) is 14.4. The average Bonchev–Trinajstić information content (AvgIpc) is 3.02. The molecule has 5 saturated carbocycles. The fourth-order valence-electron chi connectivity index (χ4n) is 9.31. The molecule has 0 aliphatic heterocycles. The summed E-state index contributed by atoms with van der Waals surface area (Å²) in [6.45, 7) is 0.309. The molecule has 0 heterocycles. The first-order chi connectivity index (χ1) is 20.4. The van der Waals surface area contributed by atoms with Gasteiger partial charge in [0.05, 0.1) is 30.5 Å². The van der Waals surface area contributed by atoms with Crippen LogP contribution in [0, 0.1) is 47.3 Å². The summed E-state index contributed by atoms with van der Waals surface area (Å²) in [5.74, 6) is -1.23. The Hall–Kier alpha value is -1.67. The molecule has 8 heteroatoms. The monoisotopic (exact) mass is 590 g/mol. The van der Waals surface area contributed by atoms with Crippen LogP contribution in [0.5, 0.6) is 0 Å². The normalized spacial score (nSPS) is 37.1. The number of carboxylic acid groups (broad SMARTS) is 2. The third-order valence-corrected chi connectivity index (χ3v) is 11.9. The van der Waals surface area contributed by atoms with Crippen LogP contribution in [0.4, 0.5) is 0 Å². The second kappa shape index (κ2) is 15.4. The number of ether oxygens (including phenoxy) is 1. The molecule has 5 aliphatic carbocycles. The summed E-state index contributed by atoms with van der Waals surface area (Å²) in [5.41, 5.74) is 0. The summed E-state index contributed by atoms with van der Waals surface area (Å²) in [7, 11) is 0. The molecule has 6 unspecified atom stereocenters. The number of aliphatic carboxylic acids is 2. The lowest BCUT2D eigenvalue weighted by Gasteiger charge is -2.39. The summed E-state index contributed by atoms with van der Waals surface area (Å²) >= 11 is 0. The van der Waals surface area contributed by atoms with Gasteiger partial charge in [-0.25, -0.2) is 9.78 Å². The predicted molar refractivity (Wildman–Crippen MR) is 156 cm³/mol. The Morgan fingerprint density at radius 1 is 0.524 bits per heavy atom. The van der Waals surface area contributed by atoms with Crippen LogP contribution in [0.2, 0.25) is 0 Å². The third-order valence-electron chi connectivity index (χ3n) is 11.9. The van der Waals surface area contributed by atoms with E-state index in [-0.39, 0.29) is 30.0 Å². The Morgan fingerprint density at radius 3 is 1.62 bits per heavy atom. The fourth-order valence-corrected chi connectivity index (χ4v) is 9.31. The highest BCUT2D eigenvalue weighted by Gasteiger charge is 2.43. The summed E-state index contributed by atoms with van der Waals surface area (Å²) in [5, 5.41) is 19.9. The van der Waals surface area contributed by atoms with E-state index in [2.05, 4.69) is 0 Å². The van der Waals surface area contributed by atoms with E-state index >= 15 is 0 Å². The molecule has 0 saturated heterocycles. The van der Waals surface area contributed by atoms with Gasteiger partial charge in [-0.3, -0.25) is 14.4 Å². The molecule has 6 atom stereocenters. The fraction of sp³-hybridized carbons (Fsp3) is 0.912. The number of rotatable bonds is 10. The standard InChI is InChI=1S/C34H54O8/c35-32(36)30-19-24(22-7-3-1-4-8-22)11-12-26(30)21-40-42-28-16-14-27(15-17-28)41-34(39)29-18-13-25(20-31(29)33(37)38)23-9-5-2-6-10-23/h22-31H,1-21H2,(H,35,36)(H,37,38). The molecule has 8 nitrogen and oxygen atoms in total. The van der Waals surface area contributed by atoms with E-state index in [0.29, 0.717) is 68.8 Å². The Morgan fingerprint density at radius 2 is 1.05 bits per heavy atom. The first-order valence-corrected chi connectivity index (χ1v) is 17.3. The van der Waals surface area contributed by atoms with Gasteiger partial charge in [0.25, 0.3) is 0 Å². The van der Waals surface area contributed by atoms with Gasteiger partial charge in [-0.2, -0.15) is 0 Å². The smallest absolute Gasteiger partial charge is 0.310 e. The first-order valence-electron chi connectivity index (χ1n) is 17.3. The molecule has 0 amide bonds. The molecule has 238 valence electrons. The molecule has 0 radical (unpaired) electrons. The lowest BCUT2D eigenvalue weighted by molar-refractivity contribution is -0.338. The number of carbonyl (C=O) groups excluding carboxylic acids is 1. The number of carboxylic acids is 2. The highest BCUT2D eigenvalue weighted by atomic mass is 17.2. The third kappa shape index (κ3) is 8.28. The average molecular weight is 591 g/mol. The molecule has 0 aromatic carbocycles. The molecule has 5 aliphatic rings. The minimum atomic E-state index is -0.862. The largest absolute Gasteiger partial charge is 0.481 e. The van der Waals surface area contributed by atoms with E-state index in [4.69, 9.17) is 14.5 Å². The first kappa shape index (κ1) is 31.7. The van der Waals surface area contributed by atoms with E-state index < -0.39 is 23.8 Å². The zero-order chi connectivity index (χ0) is 29.5. The van der Waals surface area contributed by atoms with Gasteiger partial charge in [-0.1, -0.05) is 64.2 Å². The molecule has 0 spiro atoms. The van der Waals surface area contributed by atoms with E-state index in [1.165, 1.54) is 64.2 Å². The molecule has 0 bridgehead atoms. The van der Waals surface area contributed by atoms with Gasteiger partial charge < -0.3 is 14.9 Å². The van der Waals surface area contributed by atoms with Crippen LogP contribution in [0.15, 0.2) is 0 Å². The SMILES string of the molecule is O=C(O)C1CC(C2CCCCC2)CCC1COOC1CCC(OC(=O)C2CCC(C3CCCCC3)CC2C(=O)O)CC1. The van der Waals surface area contributed by atoms with Crippen LogP contribution < -0.4 is 0 Å². The minimum Gasteiger partial charge on any atom is -0.481 e. The maximum Gasteiger partial charge on any atom is 0.310 e. The van der Waals surface area contributed by atoms with Crippen molar-refractivity contribution in [1.29, 1.82) is 0 Å². The van der Waals surface area contributed by atoms with Gasteiger partial charge >= 0.3 is 17.9 Å². The number of hydrogen-bond donors (Lipinski definition) is 2. The lowest BCUT2D eigenvalue weighted by Crippen LogP contribution is -2.40. The van der Waals surface area contributed by atoms with Crippen molar-refractivity contribution in [2.24, 2.45) is 47.3 Å². The lowest BCUT2D eigenvalue weighted by atomic mass is 9.67. The van der Waals surface area contributed by atoms with Crippen LogP contribution in [-0.4, -0.2) is 46.9 Å². The molecule has 5 rings (SSSR count). The van der Waals surface area contributed by atoms with Gasteiger partial charge in [0.15, 0.2) is 0 Å². The van der Waals surface area contributed by atoms with Crippen LogP contribution in [0.1, 0.15) is 128 Å². The number of carbonyl (C=O) groups is 3. The molecule has 0 aromatic rings. The van der Waals surface area contributed by atoms with Crippen molar-refractivity contribution in [3.8, 4) is 0 Å². The van der Waals surface area contributed by atoms with Crippen molar-refractivity contribution in [2.75, 3.05) is 6.61 Å². The number of esters is 1. The van der Waals surface area contributed by atoms with Crippen molar-refractivity contribution in [1.82, 2.24) is 0 Å². The zero-order valence-electron chi connectivity index (χ0n) is 25.5. The van der Waals surface area contributed by atoms with Crippen LogP contribution in [0.3, 0.4) is 0 Å². The van der Waals surface area contributed by atoms with E-state index in [0.717, 1.165) is 25.7 Å². The Balaban J connectivity index is 1.01. The zero-order valence-corrected chi connectivity index (χ0v) is 25.5. The maximum absolute atomic E-state index is 13.1. The molecular weight excluding hydrogens is 536 g/mol. The minimum absolute atomic E-state index is 0.0185. The van der Waals surface area contributed by atoms with Gasteiger partial charge in [-0.15, -0.1) is 0 Å². The summed E-state index contributed by atoms with van der Waals surface area (Å²) < 4.78 is 5.88. The Kier molecular flexibility index (Phi) is 11.6. The number of hydrogen-bond acceptors (Lipinski definition) is 6. The summed E-state index contributed by atoms with van der Waals surface area (Å²) in [4.78, 5) is 48.7. The molecule has 2 N–H and O–H groups in total. The topological polar surface area (TPSA) is 119 Å². The Bertz CT molecular complexity index is 886. The van der Waals surface area contributed by atoms with E-state index in [1.807, 2.05) is 0 Å². The van der Waals surface area contributed by atoms with Crippen LogP contribution in [-0.2, 0) is 28.9 Å².